The summed E-state index contributed by atoms with van der Waals surface area (Å²) in [5.74, 6) is -0.0307. The molecule has 1 aromatic carbocycles. The van der Waals surface area contributed by atoms with Crippen molar-refractivity contribution in [3.05, 3.63) is 35.0 Å². The molecule has 1 heterocycles. The Morgan fingerprint density at radius 1 is 1.33 bits per heavy atom. The zero-order chi connectivity index (χ0) is 13.4. The highest BCUT2D eigenvalue weighted by Gasteiger charge is 2.19. The van der Waals surface area contributed by atoms with Gasteiger partial charge in [-0.25, -0.2) is 4.98 Å². The second kappa shape index (κ2) is 4.41. The van der Waals surface area contributed by atoms with E-state index in [0.29, 0.717) is 11.3 Å². The van der Waals surface area contributed by atoms with Crippen LogP contribution in [0, 0.1) is 6.92 Å². The molecule has 0 spiro atoms. The van der Waals surface area contributed by atoms with E-state index in [2.05, 4.69) is 4.98 Å². The van der Waals surface area contributed by atoms with Crippen molar-refractivity contribution in [2.24, 2.45) is 0 Å². The van der Waals surface area contributed by atoms with E-state index in [1.807, 2.05) is 39.0 Å². The lowest BCUT2D eigenvalue weighted by atomic mass is 9.98. The summed E-state index contributed by atoms with van der Waals surface area (Å²) in [5.41, 5.74) is 2.76. The molecule has 3 nitrogen and oxygen atoms in total. The van der Waals surface area contributed by atoms with Gasteiger partial charge in [0.05, 0.1) is 16.8 Å². The van der Waals surface area contributed by atoms with Gasteiger partial charge in [-0.2, -0.15) is 0 Å². The van der Waals surface area contributed by atoms with Crippen molar-refractivity contribution in [3.63, 3.8) is 0 Å². The average molecular weight is 243 g/mol. The molecule has 3 heteroatoms. The summed E-state index contributed by atoms with van der Waals surface area (Å²) in [5, 5.41) is 11.0. The van der Waals surface area contributed by atoms with Crippen molar-refractivity contribution in [1.29, 1.82) is 0 Å². The molecule has 0 radical (unpaired) electrons. The molecule has 1 aromatic heterocycles. The Bertz CT molecular complexity index is 630. The Morgan fingerprint density at radius 3 is 2.56 bits per heavy atom. The number of carbonyl (C=O) groups is 1. The lowest BCUT2D eigenvalue weighted by Gasteiger charge is -2.13. The Hall–Kier alpha value is -1.90. The first-order valence-corrected chi connectivity index (χ1v) is 6.06. The predicted octanol–water partition coefficient (Wildman–Crippen LogP) is 3.57. The smallest absolute Gasteiger partial charge is 0.164 e. The van der Waals surface area contributed by atoms with E-state index < -0.39 is 0 Å². The molecule has 18 heavy (non-hydrogen) atoms. The first kappa shape index (κ1) is 12.6. The molecular formula is C15H17NO2. The first-order valence-electron chi connectivity index (χ1n) is 6.06. The van der Waals surface area contributed by atoms with Gasteiger partial charge in [-0.1, -0.05) is 25.5 Å². The number of aryl methyl sites for hydroxylation is 1. The fraction of sp³-hybridized carbons (Fsp3) is 0.333. The third-order valence-electron chi connectivity index (χ3n) is 3.04. The lowest BCUT2D eigenvalue weighted by Crippen LogP contribution is -2.03. The number of ketones is 1. The van der Waals surface area contributed by atoms with Crippen LogP contribution in [0.4, 0.5) is 0 Å². The summed E-state index contributed by atoms with van der Waals surface area (Å²) in [6.45, 7) is 7.33. The average Bonchev–Trinajstić information content (AvgIpc) is 2.26. The summed E-state index contributed by atoms with van der Waals surface area (Å²) in [6, 6.07) is 5.74. The van der Waals surface area contributed by atoms with Crippen LogP contribution in [0.15, 0.2) is 18.2 Å². The summed E-state index contributed by atoms with van der Waals surface area (Å²) in [6.07, 6.45) is 0. The van der Waals surface area contributed by atoms with Crippen molar-refractivity contribution >= 4 is 16.7 Å². The molecule has 0 saturated heterocycles. The van der Waals surface area contributed by atoms with Crippen LogP contribution in [0.25, 0.3) is 10.9 Å². The van der Waals surface area contributed by atoms with E-state index in [1.54, 1.807) is 0 Å². The first-order chi connectivity index (χ1) is 8.41. The van der Waals surface area contributed by atoms with Crippen LogP contribution in [0.2, 0.25) is 0 Å². The molecule has 0 atom stereocenters. The van der Waals surface area contributed by atoms with Crippen LogP contribution >= 0.6 is 0 Å². The van der Waals surface area contributed by atoms with Crippen LogP contribution in [0.5, 0.6) is 5.75 Å². The van der Waals surface area contributed by atoms with Crippen LogP contribution in [-0.4, -0.2) is 15.9 Å². The second-order valence-corrected chi connectivity index (χ2v) is 4.95. The number of fused-ring (bicyclic) bond motifs is 1. The lowest BCUT2D eigenvalue weighted by molar-refractivity contribution is 0.101. The summed E-state index contributed by atoms with van der Waals surface area (Å²) >= 11 is 0. The highest BCUT2D eigenvalue weighted by Crippen LogP contribution is 2.33. The molecule has 0 unspecified atom stereocenters. The third kappa shape index (κ3) is 1.96. The maximum Gasteiger partial charge on any atom is 0.164 e. The van der Waals surface area contributed by atoms with Crippen molar-refractivity contribution in [1.82, 2.24) is 4.98 Å². The van der Waals surface area contributed by atoms with E-state index in [-0.39, 0.29) is 17.5 Å². The van der Waals surface area contributed by atoms with Gasteiger partial charge in [0.2, 0.25) is 0 Å². The van der Waals surface area contributed by atoms with E-state index in [9.17, 15) is 9.90 Å². The number of hydrogen-bond acceptors (Lipinski definition) is 3. The Morgan fingerprint density at radius 2 is 2.00 bits per heavy atom. The van der Waals surface area contributed by atoms with E-state index in [4.69, 9.17) is 0 Å². The normalized spacial score (nSPS) is 11.2. The summed E-state index contributed by atoms with van der Waals surface area (Å²) < 4.78 is 0. The quantitative estimate of drug-likeness (QED) is 0.820. The number of aromatic nitrogens is 1. The SMILES string of the molecule is CC(=O)c1c(O)c(C(C)C)nc2ccc(C)cc12. The minimum Gasteiger partial charge on any atom is -0.505 e. The van der Waals surface area contributed by atoms with E-state index >= 15 is 0 Å². The van der Waals surface area contributed by atoms with Crippen molar-refractivity contribution < 1.29 is 9.90 Å². The van der Waals surface area contributed by atoms with Gasteiger partial charge in [0.25, 0.3) is 0 Å². The van der Waals surface area contributed by atoms with Crippen LogP contribution < -0.4 is 0 Å². The highest BCUT2D eigenvalue weighted by atomic mass is 16.3. The number of aromatic hydroxyl groups is 1. The fourth-order valence-corrected chi connectivity index (χ4v) is 2.14. The molecule has 2 rings (SSSR count). The van der Waals surface area contributed by atoms with E-state index in [1.165, 1.54) is 6.92 Å². The van der Waals surface area contributed by atoms with Gasteiger partial charge in [0.1, 0.15) is 5.75 Å². The van der Waals surface area contributed by atoms with Crippen molar-refractivity contribution in [3.8, 4) is 5.75 Å². The van der Waals surface area contributed by atoms with E-state index in [0.717, 1.165) is 16.5 Å². The standard InChI is InChI=1S/C15H17NO2/c1-8(2)14-15(18)13(10(4)17)11-7-9(3)5-6-12(11)16-14/h5-8,18H,1-4H3. The minimum atomic E-state index is -0.132. The van der Waals surface area contributed by atoms with Gasteiger partial charge < -0.3 is 5.11 Å². The van der Waals surface area contributed by atoms with Gasteiger partial charge in [0, 0.05) is 5.39 Å². The molecule has 0 saturated carbocycles. The molecule has 1 N–H and O–H groups in total. The summed E-state index contributed by atoms with van der Waals surface area (Å²) in [4.78, 5) is 16.2. The van der Waals surface area contributed by atoms with Crippen molar-refractivity contribution in [2.75, 3.05) is 0 Å². The van der Waals surface area contributed by atoms with Crippen molar-refractivity contribution in [2.45, 2.75) is 33.6 Å². The molecule has 0 aliphatic rings. The molecule has 94 valence electrons. The minimum absolute atomic E-state index is 0.0237. The van der Waals surface area contributed by atoms with Gasteiger partial charge in [-0.15, -0.1) is 0 Å². The highest BCUT2D eigenvalue weighted by molar-refractivity contribution is 6.08. The number of rotatable bonds is 2. The fourth-order valence-electron chi connectivity index (χ4n) is 2.14. The number of benzene rings is 1. The topological polar surface area (TPSA) is 50.2 Å². The molecule has 0 amide bonds. The zero-order valence-corrected chi connectivity index (χ0v) is 11.1. The third-order valence-corrected chi connectivity index (χ3v) is 3.04. The molecule has 0 aliphatic heterocycles. The number of hydrogen-bond donors (Lipinski definition) is 1. The van der Waals surface area contributed by atoms with Gasteiger partial charge in [-0.05, 0) is 31.9 Å². The molecule has 0 bridgehead atoms. The maximum atomic E-state index is 11.8. The molecular weight excluding hydrogens is 226 g/mol. The molecule has 0 aliphatic carbocycles. The number of Topliss-reactive ketones (excluding diaryl/α,β-unsaturated/α-hetero) is 1. The Labute approximate surface area is 106 Å². The zero-order valence-electron chi connectivity index (χ0n) is 11.1. The Kier molecular flexibility index (Phi) is 3.07. The van der Waals surface area contributed by atoms with Crippen LogP contribution in [0.3, 0.4) is 0 Å². The number of nitrogens with zero attached hydrogens (tertiary/aromatic N) is 1. The van der Waals surface area contributed by atoms with Crippen LogP contribution in [-0.2, 0) is 0 Å². The van der Waals surface area contributed by atoms with Gasteiger partial charge >= 0.3 is 0 Å². The summed E-state index contributed by atoms with van der Waals surface area (Å²) in [7, 11) is 0. The molecule has 2 aromatic rings. The molecule has 0 fully saturated rings. The number of carbonyl (C=O) groups excluding carboxylic acids is 1. The Balaban J connectivity index is 2.92. The predicted molar refractivity (Wildman–Crippen MR) is 72.2 cm³/mol. The monoisotopic (exact) mass is 243 g/mol. The number of pyridine rings is 1. The maximum absolute atomic E-state index is 11.8. The van der Waals surface area contributed by atoms with Gasteiger partial charge in [0.15, 0.2) is 5.78 Å². The van der Waals surface area contributed by atoms with Gasteiger partial charge in [-0.3, -0.25) is 4.79 Å². The van der Waals surface area contributed by atoms with Crippen LogP contribution in [0.1, 0.15) is 48.3 Å². The largest absolute Gasteiger partial charge is 0.505 e. The second-order valence-electron chi connectivity index (χ2n) is 4.95.